The summed E-state index contributed by atoms with van der Waals surface area (Å²) < 4.78 is 26.5. The van der Waals surface area contributed by atoms with Gasteiger partial charge in [0.05, 0.1) is 5.75 Å². The second kappa shape index (κ2) is 5.65. The molecule has 0 aliphatic carbocycles. The van der Waals surface area contributed by atoms with E-state index in [0.717, 1.165) is 10.0 Å². The highest BCUT2D eigenvalue weighted by atomic mass is 79.9. The van der Waals surface area contributed by atoms with Crippen molar-refractivity contribution in [3.63, 3.8) is 0 Å². The fraction of sp³-hybridized carbons (Fsp3) is 0.400. The van der Waals surface area contributed by atoms with E-state index in [-0.39, 0.29) is 5.75 Å². The molecule has 0 spiro atoms. The summed E-state index contributed by atoms with van der Waals surface area (Å²) in [6.07, 6.45) is 0.461. The Balaban J connectivity index is 2.76. The largest absolute Gasteiger partial charge is 0.330 e. The molecule has 0 heterocycles. The van der Waals surface area contributed by atoms with Gasteiger partial charge in [-0.15, -0.1) is 0 Å². The maximum Gasteiger partial charge on any atom is 0.232 e. The lowest BCUT2D eigenvalue weighted by Gasteiger charge is -2.08. The van der Waals surface area contributed by atoms with Gasteiger partial charge in [-0.05, 0) is 37.6 Å². The van der Waals surface area contributed by atoms with E-state index >= 15 is 0 Å². The predicted octanol–water partition coefficient (Wildman–Crippen LogP) is 1.85. The number of hydrogen-bond donors (Lipinski definition) is 2. The van der Waals surface area contributed by atoms with Crippen molar-refractivity contribution in [2.24, 2.45) is 5.73 Å². The Morgan fingerprint density at radius 1 is 1.44 bits per heavy atom. The lowest BCUT2D eigenvalue weighted by molar-refractivity contribution is 0.599. The lowest BCUT2D eigenvalue weighted by Crippen LogP contribution is -2.18. The summed E-state index contributed by atoms with van der Waals surface area (Å²) in [4.78, 5) is 0. The Bertz CT molecular complexity index is 460. The van der Waals surface area contributed by atoms with Gasteiger partial charge in [-0.1, -0.05) is 22.0 Å². The number of benzene rings is 1. The van der Waals surface area contributed by atoms with E-state index in [0.29, 0.717) is 18.7 Å². The molecule has 1 aromatic carbocycles. The van der Waals surface area contributed by atoms with E-state index in [1.807, 2.05) is 13.0 Å². The van der Waals surface area contributed by atoms with Gasteiger partial charge in [0.15, 0.2) is 0 Å². The Morgan fingerprint density at radius 3 is 2.69 bits per heavy atom. The van der Waals surface area contributed by atoms with Crippen molar-refractivity contribution in [3.8, 4) is 0 Å². The van der Waals surface area contributed by atoms with E-state index in [9.17, 15) is 8.42 Å². The Labute approximate surface area is 104 Å². The summed E-state index contributed by atoms with van der Waals surface area (Å²) >= 11 is 3.35. The molecule has 0 saturated heterocycles. The van der Waals surface area contributed by atoms with E-state index in [2.05, 4.69) is 20.7 Å². The van der Waals surface area contributed by atoms with Crippen LogP contribution in [0.3, 0.4) is 0 Å². The molecule has 0 aromatic heterocycles. The number of nitrogens with one attached hydrogen (secondary N) is 1. The van der Waals surface area contributed by atoms with Crippen LogP contribution in [-0.2, 0) is 10.0 Å². The monoisotopic (exact) mass is 306 g/mol. The van der Waals surface area contributed by atoms with Gasteiger partial charge in [0.2, 0.25) is 10.0 Å². The van der Waals surface area contributed by atoms with Crippen LogP contribution < -0.4 is 10.5 Å². The Morgan fingerprint density at radius 2 is 2.12 bits per heavy atom. The Kier molecular flexibility index (Phi) is 4.76. The van der Waals surface area contributed by atoms with Gasteiger partial charge in [0.1, 0.15) is 0 Å². The molecule has 0 bridgehead atoms. The number of anilines is 1. The van der Waals surface area contributed by atoms with Crippen LogP contribution in [0.5, 0.6) is 0 Å². The maximum absolute atomic E-state index is 11.6. The average Bonchev–Trinajstić information content (AvgIpc) is 2.20. The molecule has 1 rings (SSSR count). The molecular weight excluding hydrogens is 292 g/mol. The highest BCUT2D eigenvalue weighted by Crippen LogP contribution is 2.21. The minimum Gasteiger partial charge on any atom is -0.330 e. The number of nitrogens with two attached hydrogens (primary N) is 1. The van der Waals surface area contributed by atoms with Gasteiger partial charge in [-0.2, -0.15) is 0 Å². The van der Waals surface area contributed by atoms with Gasteiger partial charge in [-0.25, -0.2) is 8.42 Å². The molecule has 16 heavy (non-hydrogen) atoms. The molecule has 1 aromatic rings. The van der Waals surface area contributed by atoms with E-state index in [4.69, 9.17) is 5.73 Å². The third-order valence-corrected chi connectivity index (χ3v) is 4.29. The first-order chi connectivity index (χ1) is 7.44. The van der Waals surface area contributed by atoms with Crippen molar-refractivity contribution < 1.29 is 8.42 Å². The van der Waals surface area contributed by atoms with Gasteiger partial charge in [0.25, 0.3) is 0 Å². The quantitative estimate of drug-likeness (QED) is 0.872. The molecule has 6 heteroatoms. The van der Waals surface area contributed by atoms with Gasteiger partial charge in [0, 0.05) is 10.2 Å². The minimum atomic E-state index is -3.28. The highest BCUT2D eigenvalue weighted by molar-refractivity contribution is 9.10. The van der Waals surface area contributed by atoms with Crippen molar-refractivity contribution in [2.45, 2.75) is 13.3 Å². The summed E-state index contributed by atoms with van der Waals surface area (Å²) in [5.74, 6) is 0.0506. The second-order valence-electron chi connectivity index (χ2n) is 3.53. The fourth-order valence-corrected chi connectivity index (χ4v) is 2.67. The number of sulfonamides is 1. The summed E-state index contributed by atoms with van der Waals surface area (Å²) in [5, 5.41) is 0. The predicted molar refractivity (Wildman–Crippen MR) is 70.0 cm³/mol. The molecule has 0 amide bonds. The molecule has 0 unspecified atom stereocenters. The standard InChI is InChI=1S/C10H15BrN2O2S/c1-8-3-4-9(7-10(8)11)13-16(14,15)6-2-5-12/h3-4,7,13H,2,5-6,12H2,1H3. The summed E-state index contributed by atoms with van der Waals surface area (Å²) in [7, 11) is -3.28. The van der Waals surface area contributed by atoms with Gasteiger partial charge >= 0.3 is 0 Å². The molecule has 0 radical (unpaired) electrons. The van der Waals surface area contributed by atoms with Crippen LogP contribution >= 0.6 is 15.9 Å². The van der Waals surface area contributed by atoms with Crippen molar-refractivity contribution in [3.05, 3.63) is 28.2 Å². The molecule has 0 fully saturated rings. The van der Waals surface area contributed by atoms with Crippen molar-refractivity contribution in [1.29, 1.82) is 0 Å². The smallest absolute Gasteiger partial charge is 0.232 e. The summed E-state index contributed by atoms with van der Waals surface area (Å²) in [5.41, 5.74) is 6.90. The molecule has 4 nitrogen and oxygen atoms in total. The molecule has 0 atom stereocenters. The van der Waals surface area contributed by atoms with E-state index in [1.54, 1.807) is 12.1 Å². The molecule has 0 aliphatic heterocycles. The number of aryl methyl sites for hydroxylation is 1. The first kappa shape index (κ1) is 13.5. The summed E-state index contributed by atoms with van der Waals surface area (Å²) in [6.45, 7) is 2.31. The SMILES string of the molecule is Cc1ccc(NS(=O)(=O)CCCN)cc1Br. The Hall–Kier alpha value is -0.590. The molecule has 0 saturated carbocycles. The van der Waals surface area contributed by atoms with Crippen molar-refractivity contribution >= 4 is 31.6 Å². The van der Waals surface area contributed by atoms with Crippen LogP contribution in [-0.4, -0.2) is 20.7 Å². The zero-order valence-electron chi connectivity index (χ0n) is 9.03. The molecular formula is C10H15BrN2O2S. The first-order valence-corrected chi connectivity index (χ1v) is 7.36. The van der Waals surface area contributed by atoms with Gasteiger partial charge < -0.3 is 5.73 Å². The molecule has 0 aliphatic rings. The molecule has 3 N–H and O–H groups in total. The van der Waals surface area contributed by atoms with E-state index < -0.39 is 10.0 Å². The second-order valence-corrected chi connectivity index (χ2v) is 6.22. The number of halogens is 1. The zero-order valence-corrected chi connectivity index (χ0v) is 11.4. The number of rotatable bonds is 5. The highest BCUT2D eigenvalue weighted by Gasteiger charge is 2.09. The van der Waals surface area contributed by atoms with Crippen molar-refractivity contribution in [2.75, 3.05) is 17.0 Å². The third-order valence-electron chi connectivity index (χ3n) is 2.06. The zero-order chi connectivity index (χ0) is 12.2. The topological polar surface area (TPSA) is 72.2 Å². The lowest BCUT2D eigenvalue weighted by atomic mass is 10.2. The molecule has 90 valence electrons. The third kappa shape index (κ3) is 4.11. The van der Waals surface area contributed by atoms with Gasteiger partial charge in [-0.3, -0.25) is 4.72 Å². The fourth-order valence-electron chi connectivity index (χ4n) is 1.16. The summed E-state index contributed by atoms with van der Waals surface area (Å²) in [6, 6.07) is 5.33. The maximum atomic E-state index is 11.6. The van der Waals surface area contributed by atoms with Crippen LogP contribution in [0.2, 0.25) is 0 Å². The van der Waals surface area contributed by atoms with Crippen LogP contribution in [0.25, 0.3) is 0 Å². The van der Waals surface area contributed by atoms with E-state index in [1.165, 1.54) is 0 Å². The average molecular weight is 307 g/mol. The normalized spacial score (nSPS) is 11.4. The van der Waals surface area contributed by atoms with Crippen molar-refractivity contribution in [1.82, 2.24) is 0 Å². The van der Waals surface area contributed by atoms with Crippen LogP contribution in [0.1, 0.15) is 12.0 Å². The van der Waals surface area contributed by atoms with Crippen LogP contribution in [0, 0.1) is 6.92 Å². The number of hydrogen-bond acceptors (Lipinski definition) is 3. The minimum absolute atomic E-state index is 0.0506. The first-order valence-electron chi connectivity index (χ1n) is 4.91. The van der Waals surface area contributed by atoms with Crippen LogP contribution in [0.4, 0.5) is 5.69 Å². The van der Waals surface area contributed by atoms with Crippen LogP contribution in [0.15, 0.2) is 22.7 Å².